The lowest BCUT2D eigenvalue weighted by Crippen LogP contribution is -2.29. The number of nitrogens with one attached hydrogen (secondary N) is 1. The molecule has 0 radical (unpaired) electrons. The first kappa shape index (κ1) is 17.8. The second kappa shape index (κ2) is 7.63. The van der Waals surface area contributed by atoms with Crippen molar-refractivity contribution in [1.29, 1.82) is 0 Å². The maximum absolute atomic E-state index is 13.1. The van der Waals surface area contributed by atoms with Crippen LogP contribution in [0.1, 0.15) is 27.7 Å². The van der Waals surface area contributed by atoms with E-state index in [0.717, 1.165) is 16.5 Å². The zero-order valence-corrected chi connectivity index (χ0v) is 15.8. The average molecular weight is 395 g/mol. The molecule has 1 N–H and O–H groups in total. The Morgan fingerprint density at radius 2 is 1.83 bits per heavy atom. The summed E-state index contributed by atoms with van der Waals surface area (Å²) < 4.78 is 7.56. The SMILES string of the molecule is O=C(N[C@H](c1ccccc1)c1cc2ccccc2o1)c1ccnc(-n2cncn2)c1. The van der Waals surface area contributed by atoms with Crippen LogP contribution in [0.15, 0.2) is 96.1 Å². The molecular weight excluding hydrogens is 378 g/mol. The first-order chi connectivity index (χ1) is 14.8. The van der Waals surface area contributed by atoms with Crippen LogP contribution in [0, 0.1) is 0 Å². The van der Waals surface area contributed by atoms with Crippen LogP contribution in [-0.4, -0.2) is 25.7 Å². The van der Waals surface area contributed by atoms with Crippen LogP contribution in [-0.2, 0) is 0 Å². The third-order valence-corrected chi connectivity index (χ3v) is 4.80. The van der Waals surface area contributed by atoms with E-state index >= 15 is 0 Å². The highest BCUT2D eigenvalue weighted by Crippen LogP contribution is 2.28. The van der Waals surface area contributed by atoms with E-state index in [1.165, 1.54) is 17.3 Å². The van der Waals surface area contributed by atoms with E-state index in [9.17, 15) is 4.79 Å². The summed E-state index contributed by atoms with van der Waals surface area (Å²) in [6, 6.07) is 22.4. The molecule has 0 aliphatic heterocycles. The van der Waals surface area contributed by atoms with Gasteiger partial charge in [-0.3, -0.25) is 4.79 Å². The summed E-state index contributed by atoms with van der Waals surface area (Å²) in [6.07, 6.45) is 4.53. The molecule has 0 aliphatic rings. The van der Waals surface area contributed by atoms with Crippen molar-refractivity contribution in [3.05, 3.63) is 109 Å². The van der Waals surface area contributed by atoms with Gasteiger partial charge in [-0.1, -0.05) is 48.5 Å². The Hall–Kier alpha value is -4.26. The van der Waals surface area contributed by atoms with Crippen LogP contribution in [0.2, 0.25) is 0 Å². The topological polar surface area (TPSA) is 85.8 Å². The van der Waals surface area contributed by atoms with Crippen molar-refractivity contribution in [1.82, 2.24) is 25.1 Å². The van der Waals surface area contributed by atoms with Gasteiger partial charge >= 0.3 is 0 Å². The fourth-order valence-electron chi connectivity index (χ4n) is 3.33. The minimum atomic E-state index is -0.436. The monoisotopic (exact) mass is 395 g/mol. The van der Waals surface area contributed by atoms with Gasteiger partial charge in [0.05, 0.1) is 0 Å². The maximum atomic E-state index is 13.1. The Morgan fingerprint density at radius 1 is 1.00 bits per heavy atom. The molecule has 0 spiro atoms. The minimum absolute atomic E-state index is 0.243. The van der Waals surface area contributed by atoms with Gasteiger partial charge < -0.3 is 9.73 Å². The van der Waals surface area contributed by atoms with Crippen LogP contribution in [0.5, 0.6) is 0 Å². The fraction of sp³-hybridized carbons (Fsp3) is 0.0435. The summed E-state index contributed by atoms with van der Waals surface area (Å²) >= 11 is 0. The predicted molar refractivity (Wildman–Crippen MR) is 111 cm³/mol. The smallest absolute Gasteiger partial charge is 0.252 e. The minimum Gasteiger partial charge on any atom is -0.459 e. The molecule has 7 nitrogen and oxygen atoms in total. The van der Waals surface area contributed by atoms with E-state index in [2.05, 4.69) is 20.4 Å². The third-order valence-electron chi connectivity index (χ3n) is 4.80. The molecule has 1 atom stereocenters. The normalized spacial score (nSPS) is 12.0. The predicted octanol–water partition coefficient (Wildman–Crippen LogP) is 3.93. The van der Waals surface area contributed by atoms with Crippen molar-refractivity contribution in [3.8, 4) is 5.82 Å². The second-order valence-electron chi connectivity index (χ2n) is 6.75. The number of carbonyl (C=O) groups is 1. The van der Waals surface area contributed by atoms with Gasteiger partial charge in [0.25, 0.3) is 5.91 Å². The number of pyridine rings is 1. The number of furan rings is 1. The average Bonchev–Trinajstić information content (AvgIpc) is 3.48. The van der Waals surface area contributed by atoms with Gasteiger partial charge in [0.15, 0.2) is 5.82 Å². The van der Waals surface area contributed by atoms with Crippen molar-refractivity contribution < 1.29 is 9.21 Å². The molecular formula is C23H17N5O2. The lowest BCUT2D eigenvalue weighted by atomic mass is 10.0. The molecule has 5 rings (SSSR count). The zero-order chi connectivity index (χ0) is 20.3. The van der Waals surface area contributed by atoms with E-state index in [0.29, 0.717) is 17.1 Å². The highest BCUT2D eigenvalue weighted by Gasteiger charge is 2.22. The number of hydrogen-bond acceptors (Lipinski definition) is 5. The highest BCUT2D eigenvalue weighted by atomic mass is 16.3. The Balaban J connectivity index is 1.50. The number of carbonyl (C=O) groups excluding carboxylic acids is 1. The number of rotatable bonds is 5. The summed E-state index contributed by atoms with van der Waals surface area (Å²) in [4.78, 5) is 21.3. The molecule has 146 valence electrons. The van der Waals surface area contributed by atoms with E-state index in [-0.39, 0.29) is 5.91 Å². The molecule has 0 fully saturated rings. The summed E-state index contributed by atoms with van der Waals surface area (Å²) in [5, 5.41) is 8.14. The van der Waals surface area contributed by atoms with Crippen LogP contribution in [0.25, 0.3) is 16.8 Å². The number of nitrogens with zero attached hydrogens (tertiary/aromatic N) is 4. The van der Waals surface area contributed by atoms with Gasteiger partial charge in [-0.25, -0.2) is 14.6 Å². The van der Waals surface area contributed by atoms with Crippen molar-refractivity contribution >= 4 is 16.9 Å². The molecule has 3 aromatic heterocycles. The van der Waals surface area contributed by atoms with Crippen molar-refractivity contribution in [2.24, 2.45) is 0 Å². The van der Waals surface area contributed by atoms with Crippen LogP contribution in [0.4, 0.5) is 0 Å². The number of amides is 1. The molecule has 0 saturated heterocycles. The van der Waals surface area contributed by atoms with E-state index in [4.69, 9.17) is 4.42 Å². The number of hydrogen-bond donors (Lipinski definition) is 1. The van der Waals surface area contributed by atoms with Crippen LogP contribution in [0.3, 0.4) is 0 Å². The first-order valence-electron chi connectivity index (χ1n) is 9.43. The molecule has 0 bridgehead atoms. The number of benzene rings is 2. The maximum Gasteiger partial charge on any atom is 0.252 e. The molecule has 0 saturated carbocycles. The fourth-order valence-corrected chi connectivity index (χ4v) is 3.33. The van der Waals surface area contributed by atoms with Crippen molar-refractivity contribution in [2.45, 2.75) is 6.04 Å². The van der Waals surface area contributed by atoms with Crippen molar-refractivity contribution in [3.63, 3.8) is 0 Å². The lowest BCUT2D eigenvalue weighted by Gasteiger charge is -2.17. The Morgan fingerprint density at radius 3 is 2.63 bits per heavy atom. The van der Waals surface area contributed by atoms with Gasteiger partial charge in [-0.05, 0) is 29.8 Å². The summed E-state index contributed by atoms with van der Waals surface area (Å²) in [5.74, 6) is 0.939. The van der Waals surface area contributed by atoms with E-state index < -0.39 is 6.04 Å². The molecule has 0 aliphatic carbocycles. The highest BCUT2D eigenvalue weighted by molar-refractivity contribution is 5.95. The largest absolute Gasteiger partial charge is 0.459 e. The zero-order valence-electron chi connectivity index (χ0n) is 15.8. The quantitative estimate of drug-likeness (QED) is 0.487. The van der Waals surface area contributed by atoms with Gasteiger partial charge in [-0.2, -0.15) is 5.10 Å². The van der Waals surface area contributed by atoms with E-state index in [1.807, 2.05) is 60.7 Å². The molecule has 7 heteroatoms. The van der Waals surface area contributed by atoms with Gasteiger partial charge in [0.1, 0.15) is 30.0 Å². The number of aromatic nitrogens is 4. The van der Waals surface area contributed by atoms with Crippen LogP contribution < -0.4 is 5.32 Å². The Bertz CT molecular complexity index is 1260. The standard InChI is InChI=1S/C23H17N5O2/c29-23(18-10-11-25-21(13-18)28-15-24-14-26-28)27-22(16-6-2-1-3-7-16)20-12-17-8-4-5-9-19(17)30-20/h1-15,22H,(H,27,29)/t22-/m1/s1. The van der Waals surface area contributed by atoms with E-state index in [1.54, 1.807) is 18.3 Å². The van der Waals surface area contributed by atoms with Gasteiger partial charge in [0.2, 0.25) is 0 Å². The molecule has 1 amide bonds. The Kier molecular flexibility index (Phi) is 4.53. The molecule has 3 heterocycles. The lowest BCUT2D eigenvalue weighted by molar-refractivity contribution is 0.0939. The third kappa shape index (κ3) is 3.44. The summed E-state index contributed by atoms with van der Waals surface area (Å²) in [7, 11) is 0. The van der Waals surface area contributed by atoms with Gasteiger partial charge in [-0.15, -0.1) is 0 Å². The second-order valence-corrected chi connectivity index (χ2v) is 6.75. The summed E-state index contributed by atoms with van der Waals surface area (Å²) in [6.45, 7) is 0. The Labute approximate surface area is 172 Å². The summed E-state index contributed by atoms with van der Waals surface area (Å²) in [5.41, 5.74) is 2.17. The molecule has 2 aromatic carbocycles. The molecule has 30 heavy (non-hydrogen) atoms. The van der Waals surface area contributed by atoms with Crippen LogP contribution >= 0.6 is 0 Å². The first-order valence-corrected chi connectivity index (χ1v) is 9.43. The molecule has 5 aromatic rings. The number of para-hydroxylation sites is 1. The van der Waals surface area contributed by atoms with Gasteiger partial charge in [0, 0.05) is 17.1 Å². The van der Waals surface area contributed by atoms with Crippen molar-refractivity contribution in [2.75, 3.05) is 0 Å². The number of fused-ring (bicyclic) bond motifs is 1. The molecule has 0 unspecified atom stereocenters.